The number of carbonyl (C=O) groups is 3. The van der Waals surface area contributed by atoms with Crippen molar-refractivity contribution in [2.45, 2.75) is 20.4 Å². The lowest BCUT2D eigenvalue weighted by molar-refractivity contribution is 0.0978. The standard InChI is InChI=1S/C17H16N2O4S/c1-3-19(17(22)23-4-2)9-10-8-12-14(20)13-11(6-5-7-18-13)15(21)16(12)24-10/h5-8H,3-4,9H2,1-2H3. The van der Waals surface area contributed by atoms with E-state index in [1.807, 2.05) is 6.92 Å². The average Bonchev–Trinajstić information content (AvgIpc) is 3.02. The van der Waals surface area contributed by atoms with E-state index in [4.69, 9.17) is 4.74 Å². The first kappa shape index (κ1) is 16.3. The number of amides is 1. The second kappa shape index (κ2) is 6.52. The highest BCUT2D eigenvalue weighted by molar-refractivity contribution is 7.14. The molecule has 0 saturated carbocycles. The van der Waals surface area contributed by atoms with Crippen molar-refractivity contribution in [3.05, 3.63) is 51.0 Å². The molecule has 124 valence electrons. The minimum absolute atomic E-state index is 0.192. The van der Waals surface area contributed by atoms with Gasteiger partial charge in [0.25, 0.3) is 0 Å². The molecule has 2 aromatic heterocycles. The molecule has 0 atom stereocenters. The zero-order chi connectivity index (χ0) is 17.3. The molecule has 0 radical (unpaired) electrons. The third-order valence-electron chi connectivity index (χ3n) is 3.76. The van der Waals surface area contributed by atoms with E-state index in [-0.39, 0.29) is 17.3 Å². The van der Waals surface area contributed by atoms with Crippen LogP contribution in [0.15, 0.2) is 24.4 Å². The maximum Gasteiger partial charge on any atom is 0.410 e. The third kappa shape index (κ3) is 2.71. The van der Waals surface area contributed by atoms with Crippen molar-refractivity contribution in [3.63, 3.8) is 0 Å². The number of hydrogen-bond donors (Lipinski definition) is 0. The van der Waals surface area contributed by atoms with E-state index in [9.17, 15) is 14.4 Å². The lowest BCUT2D eigenvalue weighted by Gasteiger charge is -2.18. The number of ether oxygens (including phenoxy) is 1. The van der Waals surface area contributed by atoms with E-state index in [1.54, 1.807) is 25.1 Å². The molecule has 1 amide bonds. The summed E-state index contributed by atoms with van der Waals surface area (Å²) < 4.78 is 5.01. The highest BCUT2D eigenvalue weighted by atomic mass is 32.1. The van der Waals surface area contributed by atoms with Gasteiger partial charge in [0.05, 0.1) is 23.6 Å². The number of thiophene rings is 1. The quantitative estimate of drug-likeness (QED) is 0.727. The summed E-state index contributed by atoms with van der Waals surface area (Å²) in [6, 6.07) is 4.94. The third-order valence-corrected chi connectivity index (χ3v) is 4.87. The zero-order valence-corrected chi connectivity index (χ0v) is 14.2. The highest BCUT2D eigenvalue weighted by Gasteiger charge is 2.33. The van der Waals surface area contributed by atoms with Gasteiger partial charge in [-0.2, -0.15) is 0 Å². The van der Waals surface area contributed by atoms with Gasteiger partial charge in [0.1, 0.15) is 5.69 Å². The van der Waals surface area contributed by atoms with Crippen molar-refractivity contribution in [1.82, 2.24) is 9.88 Å². The normalized spacial score (nSPS) is 12.6. The topological polar surface area (TPSA) is 76.6 Å². The number of pyridine rings is 1. The van der Waals surface area contributed by atoms with Gasteiger partial charge < -0.3 is 9.64 Å². The molecule has 2 heterocycles. The molecule has 2 aromatic rings. The molecule has 1 aliphatic carbocycles. The van der Waals surface area contributed by atoms with Crippen molar-refractivity contribution in [2.24, 2.45) is 0 Å². The Kier molecular flexibility index (Phi) is 4.44. The zero-order valence-electron chi connectivity index (χ0n) is 13.4. The van der Waals surface area contributed by atoms with E-state index < -0.39 is 6.09 Å². The molecule has 0 aromatic carbocycles. The Hall–Kier alpha value is -2.54. The largest absolute Gasteiger partial charge is 0.450 e. The Morgan fingerprint density at radius 1 is 1.25 bits per heavy atom. The van der Waals surface area contributed by atoms with E-state index >= 15 is 0 Å². The lowest BCUT2D eigenvalue weighted by atomic mass is 9.93. The van der Waals surface area contributed by atoms with Crippen LogP contribution in [-0.2, 0) is 11.3 Å². The summed E-state index contributed by atoms with van der Waals surface area (Å²) in [5, 5.41) is 0. The first-order chi connectivity index (χ1) is 11.6. The molecule has 0 spiro atoms. The summed E-state index contributed by atoms with van der Waals surface area (Å²) in [5.41, 5.74) is 0.893. The van der Waals surface area contributed by atoms with Crippen LogP contribution >= 0.6 is 11.3 Å². The molecule has 0 bridgehead atoms. The molecular formula is C17H16N2O4S. The van der Waals surface area contributed by atoms with Crippen molar-refractivity contribution in [1.29, 1.82) is 0 Å². The summed E-state index contributed by atoms with van der Waals surface area (Å²) in [6.07, 6.45) is 1.09. The maximum atomic E-state index is 12.6. The van der Waals surface area contributed by atoms with E-state index in [0.29, 0.717) is 35.7 Å². The van der Waals surface area contributed by atoms with Crippen LogP contribution in [0.25, 0.3) is 0 Å². The summed E-state index contributed by atoms with van der Waals surface area (Å²) >= 11 is 1.24. The summed E-state index contributed by atoms with van der Waals surface area (Å²) in [5.74, 6) is -0.440. The number of hydrogen-bond acceptors (Lipinski definition) is 6. The molecule has 6 nitrogen and oxygen atoms in total. The molecule has 0 unspecified atom stereocenters. The summed E-state index contributed by atoms with van der Waals surface area (Å²) in [4.78, 5) is 43.8. The SMILES string of the molecule is CCOC(=O)N(CC)Cc1cc2c(s1)C(=O)c1cccnc1C2=O. The van der Waals surface area contributed by atoms with Gasteiger partial charge >= 0.3 is 6.09 Å². The monoisotopic (exact) mass is 344 g/mol. The number of ketones is 2. The Morgan fingerprint density at radius 3 is 2.75 bits per heavy atom. The molecule has 0 N–H and O–H groups in total. The molecule has 1 aliphatic rings. The van der Waals surface area contributed by atoms with Gasteiger partial charge in [0.2, 0.25) is 11.6 Å². The van der Waals surface area contributed by atoms with Crippen molar-refractivity contribution in [3.8, 4) is 0 Å². The van der Waals surface area contributed by atoms with Crippen LogP contribution in [0.5, 0.6) is 0 Å². The smallest absolute Gasteiger partial charge is 0.410 e. The van der Waals surface area contributed by atoms with Crippen molar-refractivity contribution < 1.29 is 19.1 Å². The Bertz CT molecular complexity index is 775. The minimum atomic E-state index is -0.408. The van der Waals surface area contributed by atoms with E-state index in [0.717, 1.165) is 4.88 Å². The summed E-state index contributed by atoms with van der Waals surface area (Å²) in [6.45, 7) is 4.67. The van der Waals surface area contributed by atoms with Crippen molar-refractivity contribution >= 4 is 29.0 Å². The van der Waals surface area contributed by atoms with E-state index in [2.05, 4.69) is 4.98 Å². The van der Waals surface area contributed by atoms with Gasteiger partial charge in [-0.1, -0.05) is 0 Å². The Balaban J connectivity index is 1.92. The van der Waals surface area contributed by atoms with Gasteiger partial charge in [-0.25, -0.2) is 4.79 Å². The molecule has 7 heteroatoms. The predicted octanol–water partition coefficient (Wildman–Crippen LogP) is 2.90. The molecular weight excluding hydrogens is 328 g/mol. The summed E-state index contributed by atoms with van der Waals surface area (Å²) in [7, 11) is 0. The fraction of sp³-hybridized carbons (Fsp3) is 0.294. The number of rotatable bonds is 4. The first-order valence-corrected chi connectivity index (χ1v) is 8.47. The fourth-order valence-corrected chi connectivity index (χ4v) is 3.71. The molecule has 3 rings (SSSR count). The van der Waals surface area contributed by atoms with Gasteiger partial charge in [0.15, 0.2) is 0 Å². The fourth-order valence-electron chi connectivity index (χ4n) is 2.58. The number of carbonyl (C=O) groups excluding carboxylic acids is 3. The lowest BCUT2D eigenvalue weighted by Crippen LogP contribution is -2.30. The van der Waals surface area contributed by atoms with Gasteiger partial charge in [-0.15, -0.1) is 11.3 Å². The molecule has 24 heavy (non-hydrogen) atoms. The van der Waals surface area contributed by atoms with Crippen LogP contribution in [0.2, 0.25) is 0 Å². The van der Waals surface area contributed by atoms with Crippen LogP contribution in [0, 0.1) is 0 Å². The van der Waals surface area contributed by atoms with Crippen molar-refractivity contribution in [2.75, 3.05) is 13.2 Å². The van der Waals surface area contributed by atoms with Crippen LogP contribution in [0.4, 0.5) is 4.79 Å². The second-order valence-electron chi connectivity index (χ2n) is 5.23. The maximum absolute atomic E-state index is 12.6. The van der Waals surface area contributed by atoms with Gasteiger partial charge in [-0.3, -0.25) is 14.6 Å². The predicted molar refractivity (Wildman–Crippen MR) is 88.5 cm³/mol. The van der Waals surface area contributed by atoms with Crippen LogP contribution < -0.4 is 0 Å². The van der Waals surface area contributed by atoms with Crippen LogP contribution in [0.3, 0.4) is 0 Å². The van der Waals surface area contributed by atoms with E-state index in [1.165, 1.54) is 22.4 Å². The van der Waals surface area contributed by atoms with Crippen LogP contribution in [0.1, 0.15) is 50.0 Å². The van der Waals surface area contributed by atoms with Gasteiger partial charge in [-0.05, 0) is 32.0 Å². The number of aromatic nitrogens is 1. The number of fused-ring (bicyclic) bond motifs is 2. The molecule has 0 saturated heterocycles. The molecule has 0 fully saturated rings. The first-order valence-electron chi connectivity index (χ1n) is 7.65. The number of nitrogens with zero attached hydrogens (tertiary/aromatic N) is 2. The second-order valence-corrected chi connectivity index (χ2v) is 6.36. The van der Waals surface area contributed by atoms with Gasteiger partial charge in [0, 0.05) is 23.2 Å². The molecule has 0 aliphatic heterocycles. The van der Waals surface area contributed by atoms with Crippen LogP contribution in [-0.4, -0.2) is 40.7 Å². The minimum Gasteiger partial charge on any atom is -0.450 e. The Morgan fingerprint density at radius 2 is 2.04 bits per heavy atom. The average molecular weight is 344 g/mol. The highest BCUT2D eigenvalue weighted by Crippen LogP contribution is 2.33. The Labute approximate surface area is 143 Å².